The Morgan fingerprint density at radius 3 is 2.65 bits per heavy atom. The Balaban J connectivity index is 2.18. The third-order valence-corrected chi connectivity index (χ3v) is 4.25. The molecule has 6 nitrogen and oxygen atoms in total. The highest BCUT2D eigenvalue weighted by atomic mass is 35.5. The van der Waals surface area contributed by atoms with Crippen LogP contribution in [0.15, 0.2) is 17.5 Å². The zero-order chi connectivity index (χ0) is 16.7. The number of nitrogens with two attached hydrogens (primary N) is 1. The van der Waals surface area contributed by atoms with Gasteiger partial charge < -0.3 is 20.5 Å². The van der Waals surface area contributed by atoms with Crippen molar-refractivity contribution in [1.82, 2.24) is 9.97 Å². The van der Waals surface area contributed by atoms with E-state index in [1.807, 2.05) is 31.4 Å². The highest BCUT2D eigenvalue weighted by Crippen LogP contribution is 2.25. The van der Waals surface area contributed by atoms with Crippen LogP contribution in [0.1, 0.15) is 24.3 Å². The number of halogens is 1. The molecule has 0 aliphatic rings. The molecule has 0 aliphatic carbocycles. The van der Waals surface area contributed by atoms with E-state index in [-0.39, 0.29) is 5.95 Å². The number of nitrogen functional groups attached to an aromatic ring is 1. The van der Waals surface area contributed by atoms with Crippen molar-refractivity contribution in [1.29, 1.82) is 0 Å². The second-order valence-corrected chi connectivity index (χ2v) is 6.07. The lowest BCUT2D eigenvalue weighted by atomic mass is 10.2. The third kappa shape index (κ3) is 5.31. The summed E-state index contributed by atoms with van der Waals surface area (Å²) in [6.45, 7) is 5.59. The van der Waals surface area contributed by atoms with E-state index in [0.717, 1.165) is 5.56 Å². The van der Waals surface area contributed by atoms with Gasteiger partial charge in [0.2, 0.25) is 5.95 Å². The van der Waals surface area contributed by atoms with E-state index in [1.165, 1.54) is 4.88 Å². The lowest BCUT2D eigenvalue weighted by molar-refractivity contribution is -0.134. The molecule has 8 heteroatoms. The largest absolute Gasteiger partial charge is 0.368 e. The minimum atomic E-state index is -0.392. The molecule has 0 bridgehead atoms. The van der Waals surface area contributed by atoms with Crippen molar-refractivity contribution in [2.75, 3.05) is 24.3 Å². The van der Waals surface area contributed by atoms with Gasteiger partial charge in [0.15, 0.2) is 6.29 Å². The smallest absolute Gasteiger partial charge is 0.223 e. The van der Waals surface area contributed by atoms with Crippen LogP contribution in [0.4, 0.5) is 11.8 Å². The monoisotopic (exact) mass is 356 g/mol. The van der Waals surface area contributed by atoms with Crippen LogP contribution in [-0.2, 0) is 22.4 Å². The van der Waals surface area contributed by atoms with Crippen LogP contribution in [0.5, 0.6) is 0 Å². The minimum Gasteiger partial charge on any atom is -0.368 e. The first-order valence-electron chi connectivity index (χ1n) is 7.45. The Morgan fingerprint density at radius 1 is 1.30 bits per heavy atom. The van der Waals surface area contributed by atoms with Gasteiger partial charge in [-0.05, 0) is 25.3 Å². The lowest BCUT2D eigenvalue weighted by Crippen LogP contribution is -2.22. The quantitative estimate of drug-likeness (QED) is 0.529. The van der Waals surface area contributed by atoms with Crippen molar-refractivity contribution in [3.63, 3.8) is 0 Å². The van der Waals surface area contributed by atoms with E-state index in [1.54, 1.807) is 11.3 Å². The number of thiophene rings is 1. The highest BCUT2D eigenvalue weighted by molar-refractivity contribution is 7.09. The van der Waals surface area contributed by atoms with Crippen LogP contribution >= 0.6 is 22.9 Å². The first-order valence-corrected chi connectivity index (χ1v) is 8.71. The fourth-order valence-electron chi connectivity index (χ4n) is 2.09. The maximum atomic E-state index is 6.26. The van der Waals surface area contributed by atoms with Crippen molar-refractivity contribution in [3.8, 4) is 0 Å². The average Bonchev–Trinajstić information content (AvgIpc) is 3.02. The van der Waals surface area contributed by atoms with Crippen LogP contribution in [0.2, 0.25) is 5.15 Å². The Labute approximate surface area is 145 Å². The van der Waals surface area contributed by atoms with E-state index >= 15 is 0 Å². The number of hydrogen-bond acceptors (Lipinski definition) is 7. The first kappa shape index (κ1) is 17.9. The summed E-state index contributed by atoms with van der Waals surface area (Å²) in [5, 5.41) is 5.61. The molecule has 2 heterocycles. The third-order valence-electron chi connectivity index (χ3n) is 3.06. The normalized spacial score (nSPS) is 11.1. The number of ether oxygens (including phenoxy) is 2. The molecule has 0 saturated heterocycles. The molecule has 0 aliphatic heterocycles. The van der Waals surface area contributed by atoms with E-state index in [9.17, 15) is 0 Å². The van der Waals surface area contributed by atoms with Crippen molar-refractivity contribution in [2.45, 2.75) is 33.1 Å². The number of aromatic nitrogens is 2. The molecule has 0 radical (unpaired) electrons. The fraction of sp³-hybridized carbons (Fsp3) is 0.467. The molecule has 0 atom stereocenters. The summed E-state index contributed by atoms with van der Waals surface area (Å²) in [5.74, 6) is 0.747. The predicted molar refractivity (Wildman–Crippen MR) is 93.8 cm³/mol. The fourth-order valence-corrected chi connectivity index (χ4v) is 2.99. The van der Waals surface area contributed by atoms with Gasteiger partial charge in [0.1, 0.15) is 11.0 Å². The molecule has 0 amide bonds. The van der Waals surface area contributed by atoms with Crippen LogP contribution in [0.3, 0.4) is 0 Å². The van der Waals surface area contributed by atoms with Gasteiger partial charge in [-0.1, -0.05) is 17.7 Å². The van der Waals surface area contributed by atoms with E-state index < -0.39 is 6.29 Å². The second kappa shape index (κ2) is 9.02. The van der Waals surface area contributed by atoms with E-state index in [0.29, 0.717) is 37.2 Å². The number of hydrogen-bond donors (Lipinski definition) is 2. The Morgan fingerprint density at radius 2 is 2.04 bits per heavy atom. The van der Waals surface area contributed by atoms with Crippen LogP contribution < -0.4 is 11.1 Å². The van der Waals surface area contributed by atoms with E-state index in [4.69, 9.17) is 26.8 Å². The lowest BCUT2D eigenvalue weighted by Gasteiger charge is -2.19. The number of nitrogens with zero attached hydrogens (tertiary/aromatic N) is 2. The molecule has 0 saturated carbocycles. The zero-order valence-electron chi connectivity index (χ0n) is 13.2. The molecule has 2 aromatic heterocycles. The van der Waals surface area contributed by atoms with Crippen molar-refractivity contribution in [2.24, 2.45) is 0 Å². The Bertz CT molecular complexity index is 604. The molecule has 0 unspecified atom stereocenters. The van der Waals surface area contributed by atoms with Gasteiger partial charge in [0, 0.05) is 30.1 Å². The van der Waals surface area contributed by atoms with Gasteiger partial charge >= 0.3 is 0 Å². The number of rotatable bonds is 9. The summed E-state index contributed by atoms with van der Waals surface area (Å²) in [6, 6.07) is 4.05. The molecule has 2 rings (SSSR count). The topological polar surface area (TPSA) is 82.3 Å². The molecule has 126 valence electrons. The summed E-state index contributed by atoms with van der Waals surface area (Å²) in [6.07, 6.45) is 0.0603. The van der Waals surface area contributed by atoms with Crippen LogP contribution in [-0.4, -0.2) is 29.5 Å². The van der Waals surface area contributed by atoms with Gasteiger partial charge in [-0.3, -0.25) is 0 Å². The molecule has 0 aromatic carbocycles. The molecule has 3 N–H and O–H groups in total. The van der Waals surface area contributed by atoms with Crippen molar-refractivity contribution < 1.29 is 9.47 Å². The maximum Gasteiger partial charge on any atom is 0.223 e. The summed E-state index contributed by atoms with van der Waals surface area (Å²) in [5.41, 5.74) is 6.46. The standard InChI is InChI=1S/C15H21ClN4O2S/c1-3-21-12(22-4-2)8-11-13(16)19-15(17)20-14(11)18-9-10-6-5-7-23-10/h5-7,12H,3-4,8-9H2,1-2H3,(H3,17,18,19,20). The zero-order valence-corrected chi connectivity index (χ0v) is 14.8. The first-order chi connectivity index (χ1) is 11.1. The van der Waals surface area contributed by atoms with Crippen LogP contribution in [0.25, 0.3) is 0 Å². The Kier molecular flexibility index (Phi) is 7.04. The number of nitrogens with one attached hydrogen (secondary N) is 1. The molecule has 0 fully saturated rings. The summed E-state index contributed by atoms with van der Waals surface area (Å²) >= 11 is 7.93. The highest BCUT2D eigenvalue weighted by Gasteiger charge is 2.18. The minimum absolute atomic E-state index is 0.136. The van der Waals surface area contributed by atoms with Gasteiger partial charge in [-0.15, -0.1) is 11.3 Å². The summed E-state index contributed by atoms with van der Waals surface area (Å²) in [7, 11) is 0. The molecule has 23 heavy (non-hydrogen) atoms. The molecular weight excluding hydrogens is 336 g/mol. The molecule has 0 spiro atoms. The molecule has 2 aromatic rings. The van der Waals surface area contributed by atoms with E-state index in [2.05, 4.69) is 15.3 Å². The van der Waals surface area contributed by atoms with Gasteiger partial charge in [0.25, 0.3) is 0 Å². The van der Waals surface area contributed by atoms with Crippen molar-refractivity contribution >= 4 is 34.7 Å². The average molecular weight is 357 g/mol. The molecular formula is C15H21ClN4O2S. The number of anilines is 2. The van der Waals surface area contributed by atoms with Gasteiger partial charge in [-0.25, -0.2) is 4.98 Å². The second-order valence-electron chi connectivity index (χ2n) is 4.68. The predicted octanol–water partition coefficient (Wildman–Crippen LogP) is 3.33. The SMILES string of the molecule is CCOC(Cc1c(Cl)nc(N)nc1NCc1cccs1)OCC. The Hall–Kier alpha value is -1.41. The summed E-state index contributed by atoms with van der Waals surface area (Å²) < 4.78 is 11.2. The van der Waals surface area contributed by atoms with Gasteiger partial charge in [-0.2, -0.15) is 4.98 Å². The van der Waals surface area contributed by atoms with Crippen molar-refractivity contribution in [3.05, 3.63) is 33.1 Å². The van der Waals surface area contributed by atoms with Crippen LogP contribution in [0, 0.1) is 0 Å². The summed E-state index contributed by atoms with van der Waals surface area (Å²) in [4.78, 5) is 9.50. The van der Waals surface area contributed by atoms with Gasteiger partial charge in [0.05, 0.1) is 6.54 Å². The maximum absolute atomic E-state index is 6.26.